The molecule has 5 aromatic rings. The minimum Gasteiger partial charge on any atom is -0.481 e. The number of hydrogen-bond donors (Lipinski definition) is 2. The summed E-state index contributed by atoms with van der Waals surface area (Å²) in [5.41, 5.74) is 6.61. The van der Waals surface area contributed by atoms with Gasteiger partial charge in [-0.05, 0) is 86.7 Å². The fourth-order valence-electron chi connectivity index (χ4n) is 4.30. The number of nitrogens with one attached hydrogen (secondary N) is 2. The van der Waals surface area contributed by atoms with Gasteiger partial charge in [0.1, 0.15) is 11.4 Å². The zero-order chi connectivity index (χ0) is 28.1. The van der Waals surface area contributed by atoms with Crippen molar-refractivity contribution >= 4 is 56.3 Å². The van der Waals surface area contributed by atoms with Gasteiger partial charge in [-0.25, -0.2) is 14.6 Å². The van der Waals surface area contributed by atoms with Crippen LogP contribution in [0, 0.1) is 17.4 Å². The lowest BCUT2D eigenvalue weighted by molar-refractivity contribution is 0.0511. The SMILES string of the molecule is C.CCOC(=O)c1[nH]c2ccc(C)cc2c1-c1cccnc1OC.CCOC(=O)c1[nH]c2ccc(C)cc2c1I. The van der Waals surface area contributed by atoms with E-state index in [1.807, 2.05) is 56.3 Å². The average molecular weight is 656 g/mol. The maximum Gasteiger partial charge on any atom is 0.355 e. The molecule has 9 heteroatoms. The molecule has 0 bridgehead atoms. The molecule has 5 rings (SSSR count). The number of methoxy groups -OCH3 is 1. The van der Waals surface area contributed by atoms with Crippen molar-refractivity contribution in [3.05, 3.63) is 80.8 Å². The first-order valence-electron chi connectivity index (χ1n) is 12.5. The largest absolute Gasteiger partial charge is 0.481 e. The lowest BCUT2D eigenvalue weighted by Gasteiger charge is -2.09. The number of carbonyl (C=O) groups is 2. The number of nitrogens with zero attached hydrogens (tertiary/aromatic N) is 1. The minimum atomic E-state index is -0.387. The number of aryl methyl sites for hydroxylation is 2. The van der Waals surface area contributed by atoms with Gasteiger partial charge in [0.05, 0.1) is 23.9 Å². The first kappa shape index (κ1) is 30.7. The van der Waals surface area contributed by atoms with Crippen molar-refractivity contribution in [2.45, 2.75) is 35.1 Å². The highest BCUT2D eigenvalue weighted by atomic mass is 127. The van der Waals surface area contributed by atoms with Crippen molar-refractivity contribution in [1.82, 2.24) is 15.0 Å². The molecule has 0 atom stereocenters. The van der Waals surface area contributed by atoms with E-state index in [0.29, 0.717) is 30.5 Å². The van der Waals surface area contributed by atoms with Crippen molar-refractivity contribution < 1.29 is 23.8 Å². The lowest BCUT2D eigenvalue weighted by atomic mass is 10.0. The van der Waals surface area contributed by atoms with E-state index in [1.165, 1.54) is 5.56 Å². The van der Waals surface area contributed by atoms with Crippen molar-refractivity contribution in [2.24, 2.45) is 0 Å². The molecule has 0 radical (unpaired) electrons. The molecule has 0 amide bonds. The van der Waals surface area contributed by atoms with Crippen LogP contribution >= 0.6 is 22.6 Å². The summed E-state index contributed by atoms with van der Waals surface area (Å²) in [6, 6.07) is 15.8. The second-order valence-corrected chi connectivity index (χ2v) is 9.87. The van der Waals surface area contributed by atoms with Crippen LogP contribution in [0.1, 0.15) is 53.4 Å². The van der Waals surface area contributed by atoms with Crippen LogP contribution in [0.4, 0.5) is 0 Å². The average Bonchev–Trinajstić information content (AvgIpc) is 3.46. The number of rotatable bonds is 6. The first-order chi connectivity index (χ1) is 18.8. The highest BCUT2D eigenvalue weighted by Crippen LogP contribution is 2.37. The smallest absolute Gasteiger partial charge is 0.355 e. The summed E-state index contributed by atoms with van der Waals surface area (Å²) in [6.45, 7) is 8.35. The molecule has 3 heterocycles. The van der Waals surface area contributed by atoms with Crippen LogP contribution in [0.3, 0.4) is 0 Å². The van der Waals surface area contributed by atoms with Crippen LogP contribution in [0.5, 0.6) is 5.88 Å². The molecule has 0 aliphatic heterocycles. The number of hydrogen-bond acceptors (Lipinski definition) is 6. The van der Waals surface area contributed by atoms with Gasteiger partial charge in [-0.2, -0.15) is 0 Å². The molecule has 2 aromatic carbocycles. The summed E-state index contributed by atoms with van der Waals surface area (Å²) < 4.78 is 16.5. The summed E-state index contributed by atoms with van der Waals surface area (Å²) in [4.78, 5) is 34.5. The fourth-order valence-corrected chi connectivity index (χ4v) is 5.10. The Morgan fingerprint density at radius 2 is 1.40 bits per heavy atom. The zero-order valence-electron chi connectivity index (χ0n) is 22.5. The molecule has 0 fully saturated rings. The summed E-state index contributed by atoms with van der Waals surface area (Å²) >= 11 is 2.17. The third-order valence-electron chi connectivity index (χ3n) is 6.04. The third kappa shape index (κ3) is 6.30. The Hall–Kier alpha value is -3.86. The van der Waals surface area contributed by atoms with Crippen molar-refractivity contribution in [1.29, 1.82) is 0 Å². The van der Waals surface area contributed by atoms with Crippen LogP contribution in [-0.2, 0) is 9.47 Å². The van der Waals surface area contributed by atoms with Crippen LogP contribution in [0.15, 0.2) is 54.7 Å². The highest BCUT2D eigenvalue weighted by molar-refractivity contribution is 14.1. The topological polar surface area (TPSA) is 106 Å². The van der Waals surface area contributed by atoms with Gasteiger partial charge in [-0.1, -0.05) is 30.7 Å². The lowest BCUT2D eigenvalue weighted by Crippen LogP contribution is -2.07. The number of benzene rings is 2. The number of pyridine rings is 1. The van der Waals surface area contributed by atoms with Gasteiger partial charge < -0.3 is 24.2 Å². The van der Waals surface area contributed by atoms with E-state index in [9.17, 15) is 9.59 Å². The van der Waals surface area contributed by atoms with E-state index in [4.69, 9.17) is 14.2 Å². The Morgan fingerprint density at radius 3 is 2.00 bits per heavy atom. The molecule has 0 spiro atoms. The Kier molecular flexibility index (Phi) is 10.3. The number of carbonyl (C=O) groups excluding carboxylic acids is 2. The zero-order valence-corrected chi connectivity index (χ0v) is 24.6. The van der Waals surface area contributed by atoms with Crippen molar-refractivity contribution in [3.8, 4) is 17.0 Å². The number of aromatic amines is 2. The van der Waals surface area contributed by atoms with E-state index < -0.39 is 0 Å². The molecule has 0 aliphatic carbocycles. The molecule has 40 heavy (non-hydrogen) atoms. The summed E-state index contributed by atoms with van der Waals surface area (Å²) in [7, 11) is 1.57. The van der Waals surface area contributed by atoms with Crippen LogP contribution in [-0.4, -0.2) is 47.2 Å². The van der Waals surface area contributed by atoms with E-state index in [0.717, 1.165) is 42.1 Å². The summed E-state index contributed by atoms with van der Waals surface area (Å²) in [6.07, 6.45) is 1.66. The normalized spacial score (nSPS) is 10.4. The first-order valence-corrected chi connectivity index (χ1v) is 13.6. The van der Waals surface area contributed by atoms with E-state index in [1.54, 1.807) is 27.2 Å². The van der Waals surface area contributed by atoms with Gasteiger partial charge >= 0.3 is 11.9 Å². The second-order valence-electron chi connectivity index (χ2n) is 8.79. The van der Waals surface area contributed by atoms with Gasteiger partial charge in [0, 0.05) is 39.1 Å². The standard InChI is InChI=1S/C18H18N2O3.C12H12INO2.CH4/c1-4-23-18(21)16-15(12-6-5-9-19-17(12)22-3)13-10-11(2)7-8-14(13)20-16;1-3-16-12(15)11-10(13)8-6-7(2)4-5-9(8)14-11;/h5-10,20H,4H2,1-3H3;4-6,14H,3H2,1-2H3;1H4. The number of esters is 2. The summed E-state index contributed by atoms with van der Waals surface area (Å²) in [5.74, 6) is -0.205. The minimum absolute atomic E-state index is 0. The molecule has 8 nitrogen and oxygen atoms in total. The molecule has 0 unspecified atom stereocenters. The van der Waals surface area contributed by atoms with E-state index in [-0.39, 0.29) is 19.4 Å². The Labute approximate surface area is 247 Å². The molecule has 0 saturated carbocycles. The van der Waals surface area contributed by atoms with Gasteiger partial charge in [0.2, 0.25) is 5.88 Å². The Bertz CT molecular complexity index is 1650. The number of H-pyrrole nitrogens is 2. The van der Waals surface area contributed by atoms with Crippen molar-refractivity contribution in [2.75, 3.05) is 20.3 Å². The maximum atomic E-state index is 12.4. The molecule has 210 valence electrons. The quantitative estimate of drug-likeness (QED) is 0.144. The number of aromatic nitrogens is 3. The van der Waals surface area contributed by atoms with Gasteiger partial charge in [-0.15, -0.1) is 0 Å². The molecular weight excluding hydrogens is 621 g/mol. The van der Waals surface area contributed by atoms with Crippen LogP contribution < -0.4 is 4.74 Å². The van der Waals surface area contributed by atoms with Crippen molar-refractivity contribution in [3.63, 3.8) is 0 Å². The third-order valence-corrected chi connectivity index (χ3v) is 7.16. The molecule has 3 aromatic heterocycles. The van der Waals surface area contributed by atoms with Crippen LogP contribution in [0.25, 0.3) is 32.9 Å². The van der Waals surface area contributed by atoms with Gasteiger partial charge in [0.25, 0.3) is 0 Å². The van der Waals surface area contributed by atoms with Gasteiger partial charge in [-0.3, -0.25) is 0 Å². The molecule has 0 saturated heterocycles. The predicted octanol–water partition coefficient (Wildman–Crippen LogP) is 7.62. The van der Waals surface area contributed by atoms with Crippen LogP contribution in [0.2, 0.25) is 0 Å². The second kappa shape index (κ2) is 13.5. The predicted molar refractivity (Wildman–Crippen MR) is 167 cm³/mol. The van der Waals surface area contributed by atoms with E-state index >= 15 is 0 Å². The molecule has 2 N–H and O–H groups in total. The monoisotopic (exact) mass is 655 g/mol. The van der Waals surface area contributed by atoms with E-state index in [2.05, 4.69) is 43.6 Å². The number of halogens is 1. The number of fused-ring (bicyclic) bond motifs is 2. The maximum absolute atomic E-state index is 12.4. The van der Waals surface area contributed by atoms with Gasteiger partial charge in [0.15, 0.2) is 0 Å². The number of ether oxygens (including phenoxy) is 3. The highest BCUT2D eigenvalue weighted by Gasteiger charge is 2.23. The summed E-state index contributed by atoms with van der Waals surface area (Å²) in [5, 5.41) is 2.02. The fraction of sp³-hybridized carbons (Fsp3) is 0.258. The molecule has 0 aliphatic rings. The Balaban J connectivity index is 0.000000229. The molecular formula is C31H34IN3O5. The Morgan fingerprint density at radius 1 is 0.850 bits per heavy atom.